The Morgan fingerprint density at radius 2 is 2.13 bits per heavy atom. The first-order valence-electron chi connectivity index (χ1n) is 8.05. The lowest BCUT2D eigenvalue weighted by Crippen LogP contribution is -2.41. The molecule has 2 aromatic heterocycles. The van der Waals surface area contributed by atoms with E-state index >= 15 is 0 Å². The van der Waals surface area contributed by atoms with Crippen LogP contribution in [-0.4, -0.2) is 35.5 Å². The number of urea groups is 1. The molecule has 2 amide bonds. The third-order valence-corrected chi connectivity index (χ3v) is 4.08. The third kappa shape index (κ3) is 4.32. The monoisotopic (exact) mass is 314 g/mol. The molecule has 0 aromatic carbocycles. The van der Waals surface area contributed by atoms with Crippen molar-refractivity contribution in [3.8, 4) is 0 Å². The second-order valence-corrected chi connectivity index (χ2v) is 5.70. The van der Waals surface area contributed by atoms with Crippen LogP contribution >= 0.6 is 0 Å². The van der Waals surface area contributed by atoms with Crippen LogP contribution in [0.3, 0.4) is 0 Å². The summed E-state index contributed by atoms with van der Waals surface area (Å²) in [4.78, 5) is 18.4. The topological polar surface area (TPSA) is 70.4 Å². The highest BCUT2D eigenvalue weighted by molar-refractivity contribution is 5.88. The lowest BCUT2D eigenvalue weighted by Gasteiger charge is -2.33. The van der Waals surface area contributed by atoms with E-state index in [2.05, 4.69) is 20.5 Å². The average molecular weight is 314 g/mol. The molecular formula is C17H22N4O2. The van der Waals surface area contributed by atoms with Gasteiger partial charge in [0.1, 0.15) is 5.76 Å². The number of aromatic nitrogens is 1. The molecule has 6 nitrogen and oxygen atoms in total. The van der Waals surface area contributed by atoms with E-state index in [0.717, 1.165) is 18.8 Å². The molecule has 0 unspecified atom stereocenters. The molecule has 2 N–H and O–H groups in total. The number of nitrogens with zero attached hydrogens (tertiary/aromatic N) is 2. The van der Waals surface area contributed by atoms with Crippen molar-refractivity contribution >= 4 is 11.7 Å². The number of hydrogen-bond acceptors (Lipinski definition) is 4. The lowest BCUT2D eigenvalue weighted by atomic mass is 10.1. The summed E-state index contributed by atoms with van der Waals surface area (Å²) in [6, 6.07) is 7.30. The number of likely N-dealkylation sites (tertiary alicyclic amines) is 1. The molecule has 3 rings (SSSR count). The quantitative estimate of drug-likeness (QED) is 0.890. The Morgan fingerprint density at radius 1 is 1.26 bits per heavy atom. The first-order valence-corrected chi connectivity index (χ1v) is 8.05. The first-order chi connectivity index (χ1) is 11.3. The molecule has 0 radical (unpaired) electrons. The van der Waals surface area contributed by atoms with Crippen LogP contribution in [0.5, 0.6) is 0 Å². The number of anilines is 1. The number of hydrogen-bond donors (Lipinski definition) is 2. The van der Waals surface area contributed by atoms with Gasteiger partial charge in [-0.15, -0.1) is 0 Å². The predicted octanol–water partition coefficient (Wildman–Crippen LogP) is 3.02. The summed E-state index contributed by atoms with van der Waals surface area (Å²) >= 11 is 0. The summed E-state index contributed by atoms with van der Waals surface area (Å²) in [7, 11) is 0. The Balaban J connectivity index is 1.59. The molecule has 6 heteroatoms. The first kappa shape index (κ1) is 15.6. The summed E-state index contributed by atoms with van der Waals surface area (Å²) in [5, 5.41) is 5.72. The molecule has 23 heavy (non-hydrogen) atoms. The second kappa shape index (κ2) is 7.78. The Labute approximate surface area is 135 Å². The number of nitrogens with one attached hydrogen (secondary N) is 2. The van der Waals surface area contributed by atoms with Crippen molar-refractivity contribution in [1.29, 1.82) is 0 Å². The number of furan rings is 1. The molecule has 1 saturated heterocycles. The highest BCUT2D eigenvalue weighted by Gasteiger charge is 2.24. The zero-order valence-electron chi connectivity index (χ0n) is 13.1. The van der Waals surface area contributed by atoms with Gasteiger partial charge in [-0.25, -0.2) is 4.79 Å². The minimum absolute atomic E-state index is 0.0740. The molecule has 0 spiro atoms. The summed E-state index contributed by atoms with van der Waals surface area (Å²) in [6.45, 7) is 2.59. The van der Waals surface area contributed by atoms with E-state index in [1.165, 1.54) is 19.3 Å². The van der Waals surface area contributed by atoms with Crippen LogP contribution in [0.2, 0.25) is 0 Å². The van der Waals surface area contributed by atoms with Gasteiger partial charge in [0.25, 0.3) is 0 Å². The van der Waals surface area contributed by atoms with E-state index < -0.39 is 0 Å². The van der Waals surface area contributed by atoms with Gasteiger partial charge in [-0.3, -0.25) is 9.88 Å². The number of pyridine rings is 1. The summed E-state index contributed by atoms with van der Waals surface area (Å²) in [5.74, 6) is 0.897. The molecule has 0 saturated carbocycles. The van der Waals surface area contributed by atoms with Crippen LogP contribution in [-0.2, 0) is 0 Å². The molecular weight excluding hydrogens is 292 g/mol. The van der Waals surface area contributed by atoms with E-state index in [-0.39, 0.29) is 12.1 Å². The zero-order chi connectivity index (χ0) is 15.9. The SMILES string of the molecule is O=C(NC[C@@H](c1ccco1)N1CCCCC1)Nc1cccnc1. The number of carbonyl (C=O) groups is 1. The Bertz CT molecular complexity index is 594. The van der Waals surface area contributed by atoms with Crippen molar-refractivity contribution in [2.75, 3.05) is 25.0 Å². The van der Waals surface area contributed by atoms with Crippen LogP contribution < -0.4 is 10.6 Å². The average Bonchev–Trinajstić information content (AvgIpc) is 3.11. The zero-order valence-corrected chi connectivity index (χ0v) is 13.1. The second-order valence-electron chi connectivity index (χ2n) is 5.70. The van der Waals surface area contributed by atoms with Crippen LogP contribution in [0.25, 0.3) is 0 Å². The van der Waals surface area contributed by atoms with E-state index in [0.29, 0.717) is 12.2 Å². The molecule has 1 aliphatic heterocycles. The van der Waals surface area contributed by atoms with Gasteiger partial charge in [-0.2, -0.15) is 0 Å². The summed E-state index contributed by atoms with van der Waals surface area (Å²) in [6.07, 6.45) is 8.64. The maximum absolute atomic E-state index is 12.1. The molecule has 122 valence electrons. The minimum Gasteiger partial charge on any atom is -0.468 e. The summed E-state index contributed by atoms with van der Waals surface area (Å²) < 4.78 is 5.58. The van der Waals surface area contributed by atoms with Crippen molar-refractivity contribution in [3.63, 3.8) is 0 Å². The van der Waals surface area contributed by atoms with Crippen molar-refractivity contribution < 1.29 is 9.21 Å². The smallest absolute Gasteiger partial charge is 0.319 e. The van der Waals surface area contributed by atoms with Crippen molar-refractivity contribution in [3.05, 3.63) is 48.7 Å². The molecule has 1 atom stereocenters. The largest absolute Gasteiger partial charge is 0.468 e. The van der Waals surface area contributed by atoms with Crippen LogP contribution in [0.1, 0.15) is 31.1 Å². The van der Waals surface area contributed by atoms with Gasteiger partial charge in [0.2, 0.25) is 0 Å². The van der Waals surface area contributed by atoms with Gasteiger partial charge in [0.05, 0.1) is 24.2 Å². The van der Waals surface area contributed by atoms with Gasteiger partial charge >= 0.3 is 6.03 Å². The normalized spacial score (nSPS) is 16.7. The summed E-state index contributed by atoms with van der Waals surface area (Å²) in [5.41, 5.74) is 0.678. The Morgan fingerprint density at radius 3 is 2.83 bits per heavy atom. The fourth-order valence-electron chi connectivity index (χ4n) is 2.92. The fourth-order valence-corrected chi connectivity index (χ4v) is 2.92. The van der Waals surface area contributed by atoms with Crippen molar-refractivity contribution in [1.82, 2.24) is 15.2 Å². The lowest BCUT2D eigenvalue weighted by molar-refractivity contribution is 0.144. The van der Waals surface area contributed by atoms with Crippen LogP contribution in [0.4, 0.5) is 10.5 Å². The highest BCUT2D eigenvalue weighted by Crippen LogP contribution is 2.24. The van der Waals surface area contributed by atoms with Crippen LogP contribution in [0, 0.1) is 0 Å². The van der Waals surface area contributed by atoms with Gasteiger partial charge in [0, 0.05) is 12.7 Å². The van der Waals surface area contributed by atoms with Gasteiger partial charge < -0.3 is 15.1 Å². The van der Waals surface area contributed by atoms with Gasteiger partial charge in [0.15, 0.2) is 0 Å². The number of rotatable bonds is 5. The van der Waals surface area contributed by atoms with E-state index in [1.54, 1.807) is 30.8 Å². The molecule has 2 aromatic rings. The fraction of sp³-hybridized carbons (Fsp3) is 0.412. The molecule has 1 aliphatic rings. The maximum Gasteiger partial charge on any atom is 0.319 e. The van der Waals surface area contributed by atoms with E-state index in [9.17, 15) is 4.79 Å². The van der Waals surface area contributed by atoms with Gasteiger partial charge in [-0.05, 0) is 50.2 Å². The molecule has 1 fully saturated rings. The maximum atomic E-state index is 12.1. The number of carbonyl (C=O) groups excluding carboxylic acids is 1. The standard InChI is InChI=1S/C17H22N4O2/c22-17(20-14-6-4-8-18-12-14)19-13-15(16-7-5-11-23-16)21-9-2-1-3-10-21/h4-8,11-12,15H,1-3,9-10,13H2,(H2,19,20,22)/t15-/m0/s1. The molecule has 0 bridgehead atoms. The molecule has 3 heterocycles. The van der Waals surface area contributed by atoms with E-state index in [1.807, 2.05) is 12.1 Å². The third-order valence-electron chi connectivity index (χ3n) is 4.08. The number of piperidine rings is 1. The van der Waals surface area contributed by atoms with Crippen molar-refractivity contribution in [2.45, 2.75) is 25.3 Å². The molecule has 0 aliphatic carbocycles. The highest BCUT2D eigenvalue weighted by atomic mass is 16.3. The van der Waals surface area contributed by atoms with E-state index in [4.69, 9.17) is 4.42 Å². The minimum atomic E-state index is -0.230. The Kier molecular flexibility index (Phi) is 5.26. The van der Waals surface area contributed by atoms with Crippen LogP contribution in [0.15, 0.2) is 47.3 Å². The Hall–Kier alpha value is -2.34. The predicted molar refractivity (Wildman–Crippen MR) is 88.1 cm³/mol. The van der Waals surface area contributed by atoms with Crippen molar-refractivity contribution in [2.24, 2.45) is 0 Å². The van der Waals surface area contributed by atoms with Gasteiger partial charge in [-0.1, -0.05) is 6.42 Å². The number of amides is 2.